The highest BCUT2D eigenvalue weighted by molar-refractivity contribution is 7.12. The van der Waals surface area contributed by atoms with E-state index in [0.717, 1.165) is 47.6 Å². The van der Waals surface area contributed by atoms with Crippen molar-refractivity contribution in [3.63, 3.8) is 0 Å². The van der Waals surface area contributed by atoms with Crippen LogP contribution >= 0.6 is 11.3 Å². The Balaban J connectivity index is 1.59. The Bertz CT molecular complexity index is 919. The van der Waals surface area contributed by atoms with Gasteiger partial charge in [0.1, 0.15) is 5.75 Å². The van der Waals surface area contributed by atoms with E-state index in [9.17, 15) is 27.9 Å². The number of aliphatic hydroxyl groups excluding tert-OH is 1. The maximum Gasteiger partial charge on any atom is 0.573 e. The number of carbonyl (C=O) groups is 2. The van der Waals surface area contributed by atoms with Gasteiger partial charge in [0, 0.05) is 27.4 Å². The zero-order chi connectivity index (χ0) is 22.6. The van der Waals surface area contributed by atoms with Crippen molar-refractivity contribution >= 4 is 28.8 Å². The molecule has 0 bridgehead atoms. The van der Waals surface area contributed by atoms with E-state index in [2.05, 4.69) is 15.4 Å². The summed E-state index contributed by atoms with van der Waals surface area (Å²) in [5.41, 5.74) is -0.102. The van der Waals surface area contributed by atoms with Crippen LogP contribution in [-0.2, 0) is 15.0 Å². The molecule has 1 fully saturated rings. The number of hydrogen-bond donors (Lipinski definition) is 3. The molecule has 0 radical (unpaired) electrons. The van der Waals surface area contributed by atoms with Gasteiger partial charge >= 0.3 is 18.2 Å². The van der Waals surface area contributed by atoms with E-state index in [4.69, 9.17) is 0 Å². The normalized spacial score (nSPS) is 16.5. The second kappa shape index (κ2) is 9.27. The predicted molar refractivity (Wildman–Crippen MR) is 110 cm³/mol. The first-order chi connectivity index (χ1) is 14.6. The zero-order valence-corrected chi connectivity index (χ0v) is 17.6. The fourth-order valence-electron chi connectivity index (χ4n) is 3.68. The minimum atomic E-state index is -4.81. The van der Waals surface area contributed by atoms with E-state index in [0.29, 0.717) is 0 Å². The number of thiophene rings is 1. The van der Waals surface area contributed by atoms with E-state index < -0.39 is 30.0 Å². The summed E-state index contributed by atoms with van der Waals surface area (Å²) in [4.78, 5) is 26.4. The van der Waals surface area contributed by atoms with E-state index in [-0.39, 0.29) is 17.6 Å². The number of amides is 2. The molecule has 0 aliphatic heterocycles. The molecular weight excluding hydrogens is 433 g/mol. The van der Waals surface area contributed by atoms with Gasteiger partial charge in [-0.15, -0.1) is 24.5 Å². The van der Waals surface area contributed by atoms with Crippen molar-refractivity contribution in [1.29, 1.82) is 0 Å². The van der Waals surface area contributed by atoms with Crippen molar-refractivity contribution in [3.8, 4) is 5.75 Å². The summed E-state index contributed by atoms with van der Waals surface area (Å²) >= 11 is 1.51. The molecule has 1 aromatic heterocycles. The van der Waals surface area contributed by atoms with Crippen molar-refractivity contribution in [3.05, 3.63) is 46.2 Å². The molecule has 168 valence electrons. The van der Waals surface area contributed by atoms with E-state index >= 15 is 0 Å². The molecule has 2 aromatic rings. The number of anilines is 1. The van der Waals surface area contributed by atoms with Gasteiger partial charge in [-0.2, -0.15) is 0 Å². The predicted octanol–water partition coefficient (Wildman–Crippen LogP) is 4.27. The summed E-state index contributed by atoms with van der Waals surface area (Å²) in [5.74, 6) is -2.16. The van der Waals surface area contributed by atoms with Gasteiger partial charge in [0.15, 0.2) is 0 Å². The van der Waals surface area contributed by atoms with Gasteiger partial charge in [-0.25, -0.2) is 0 Å². The van der Waals surface area contributed by atoms with Crippen molar-refractivity contribution in [2.75, 3.05) is 11.9 Å². The lowest BCUT2D eigenvalue weighted by molar-refractivity contribution is -0.274. The molecular formula is C21H23F3N2O4S. The lowest BCUT2D eigenvalue weighted by atomic mass is 9.84. The highest BCUT2D eigenvalue weighted by Crippen LogP contribution is 2.44. The maximum atomic E-state index is 12.3. The molecule has 3 N–H and O–H groups in total. The number of rotatable bonds is 6. The summed E-state index contributed by atoms with van der Waals surface area (Å²) < 4.78 is 40.4. The summed E-state index contributed by atoms with van der Waals surface area (Å²) in [6.45, 7) is 1.99. The summed E-state index contributed by atoms with van der Waals surface area (Å²) in [7, 11) is 0. The molecule has 1 aliphatic rings. The van der Waals surface area contributed by atoms with Crippen molar-refractivity contribution in [2.24, 2.45) is 0 Å². The molecule has 1 aliphatic carbocycles. The van der Waals surface area contributed by atoms with Crippen molar-refractivity contribution < 1.29 is 32.6 Å². The molecule has 1 aromatic carbocycles. The molecule has 3 rings (SSSR count). The highest BCUT2D eigenvalue weighted by Gasteiger charge is 2.38. The van der Waals surface area contributed by atoms with E-state index in [1.165, 1.54) is 23.5 Å². The van der Waals surface area contributed by atoms with Crippen LogP contribution in [0.5, 0.6) is 5.75 Å². The Morgan fingerprint density at radius 2 is 1.77 bits per heavy atom. The second-order valence-corrected chi connectivity index (χ2v) is 8.69. The quantitative estimate of drug-likeness (QED) is 0.567. The lowest BCUT2D eigenvalue weighted by Gasteiger charge is -2.28. The SMILES string of the molecule is CC(O)c1ccc(C2(CNC(=O)C(=O)Nc3ccc(OC(F)(F)F)cc3)CCCC2)s1. The van der Waals surface area contributed by atoms with Crippen LogP contribution in [0.2, 0.25) is 0 Å². The van der Waals surface area contributed by atoms with Crippen LogP contribution in [0, 0.1) is 0 Å². The molecule has 1 heterocycles. The molecule has 1 saturated carbocycles. The molecule has 0 spiro atoms. The first-order valence-electron chi connectivity index (χ1n) is 9.81. The minimum absolute atomic E-state index is 0.171. The monoisotopic (exact) mass is 456 g/mol. The van der Waals surface area contributed by atoms with Gasteiger partial charge in [-0.1, -0.05) is 12.8 Å². The first kappa shape index (κ1) is 23.1. The van der Waals surface area contributed by atoms with Crippen LogP contribution in [0.15, 0.2) is 36.4 Å². The zero-order valence-electron chi connectivity index (χ0n) is 16.8. The first-order valence-corrected chi connectivity index (χ1v) is 10.6. The average Bonchev–Trinajstić information content (AvgIpc) is 3.37. The van der Waals surface area contributed by atoms with Gasteiger partial charge in [0.25, 0.3) is 0 Å². The number of carbonyl (C=O) groups excluding carboxylic acids is 2. The largest absolute Gasteiger partial charge is 0.573 e. The van der Waals surface area contributed by atoms with Crippen LogP contribution in [-0.4, -0.2) is 29.8 Å². The van der Waals surface area contributed by atoms with Gasteiger partial charge < -0.3 is 20.5 Å². The number of nitrogens with one attached hydrogen (secondary N) is 2. The van der Waals surface area contributed by atoms with Crippen LogP contribution in [0.3, 0.4) is 0 Å². The van der Waals surface area contributed by atoms with Crippen LogP contribution in [0.1, 0.15) is 48.5 Å². The van der Waals surface area contributed by atoms with Gasteiger partial charge in [-0.05, 0) is 56.2 Å². The topological polar surface area (TPSA) is 87.7 Å². The number of alkyl halides is 3. The van der Waals surface area contributed by atoms with Crippen LogP contribution < -0.4 is 15.4 Å². The number of hydrogen-bond acceptors (Lipinski definition) is 5. The third-order valence-electron chi connectivity index (χ3n) is 5.26. The molecule has 6 nitrogen and oxygen atoms in total. The minimum Gasteiger partial charge on any atom is -0.406 e. The van der Waals surface area contributed by atoms with Crippen LogP contribution in [0.4, 0.5) is 18.9 Å². The number of halogens is 3. The van der Waals surface area contributed by atoms with E-state index in [1.807, 2.05) is 12.1 Å². The Kier molecular flexibility index (Phi) is 6.90. The number of benzene rings is 1. The van der Waals surface area contributed by atoms with Crippen LogP contribution in [0.25, 0.3) is 0 Å². The van der Waals surface area contributed by atoms with Gasteiger partial charge in [0.05, 0.1) is 6.10 Å². The molecule has 0 saturated heterocycles. The summed E-state index contributed by atoms with van der Waals surface area (Å²) in [6, 6.07) is 8.37. The molecule has 10 heteroatoms. The number of ether oxygens (including phenoxy) is 1. The highest BCUT2D eigenvalue weighted by atomic mass is 32.1. The summed E-state index contributed by atoms with van der Waals surface area (Å²) in [6.07, 6.45) is -1.61. The Morgan fingerprint density at radius 3 is 2.32 bits per heavy atom. The Hall–Kier alpha value is -2.59. The van der Waals surface area contributed by atoms with Crippen molar-refractivity contribution in [1.82, 2.24) is 5.32 Å². The second-order valence-electron chi connectivity index (χ2n) is 7.57. The summed E-state index contributed by atoms with van der Waals surface area (Å²) in [5, 5.41) is 14.8. The third kappa shape index (κ3) is 5.98. The Morgan fingerprint density at radius 1 is 1.13 bits per heavy atom. The number of aliphatic hydroxyl groups is 1. The Labute approximate surface area is 181 Å². The molecule has 1 atom stereocenters. The average molecular weight is 456 g/mol. The smallest absolute Gasteiger partial charge is 0.406 e. The fourth-order valence-corrected chi connectivity index (χ4v) is 4.87. The standard InChI is InChI=1S/C21H23F3N2O4S/c1-13(27)16-8-9-17(31-16)20(10-2-3-11-20)12-25-18(28)19(29)26-14-4-6-15(7-5-14)30-21(22,23)24/h4-9,13,27H,2-3,10-12H2,1H3,(H,25,28)(H,26,29). The third-order valence-corrected chi connectivity index (χ3v) is 6.76. The van der Waals surface area contributed by atoms with E-state index in [1.54, 1.807) is 6.92 Å². The van der Waals surface area contributed by atoms with Gasteiger partial charge in [0.2, 0.25) is 0 Å². The van der Waals surface area contributed by atoms with Gasteiger partial charge in [-0.3, -0.25) is 9.59 Å². The molecule has 2 amide bonds. The molecule has 31 heavy (non-hydrogen) atoms. The molecule has 1 unspecified atom stereocenters. The lowest BCUT2D eigenvalue weighted by Crippen LogP contribution is -2.43. The fraction of sp³-hybridized carbons (Fsp3) is 0.429. The van der Waals surface area contributed by atoms with Crippen molar-refractivity contribution in [2.45, 2.75) is 50.5 Å². The maximum absolute atomic E-state index is 12.3.